The van der Waals surface area contributed by atoms with Gasteiger partial charge in [-0.15, -0.1) is 0 Å². The highest BCUT2D eigenvalue weighted by Crippen LogP contribution is 2.28. The van der Waals surface area contributed by atoms with Crippen LogP contribution < -0.4 is 5.73 Å². The van der Waals surface area contributed by atoms with Crippen LogP contribution in [0.25, 0.3) is 11.4 Å². The molecule has 2 aromatic carbocycles. The lowest BCUT2D eigenvalue weighted by molar-refractivity contribution is 0.180. The van der Waals surface area contributed by atoms with E-state index >= 15 is 0 Å². The van der Waals surface area contributed by atoms with E-state index in [1.165, 1.54) is 6.07 Å². The fourth-order valence-electron chi connectivity index (χ4n) is 3.60. The van der Waals surface area contributed by atoms with Crippen molar-refractivity contribution in [3.8, 4) is 11.4 Å². The molecule has 0 bridgehead atoms. The van der Waals surface area contributed by atoms with Crippen LogP contribution in [0.1, 0.15) is 35.8 Å². The Morgan fingerprint density at radius 2 is 2.00 bits per heavy atom. The van der Waals surface area contributed by atoms with Gasteiger partial charge in [-0.2, -0.15) is 4.98 Å². The third kappa shape index (κ3) is 4.23. The summed E-state index contributed by atoms with van der Waals surface area (Å²) in [5, 5.41) is 4.15. The fourth-order valence-corrected chi connectivity index (χ4v) is 3.60. The van der Waals surface area contributed by atoms with Gasteiger partial charge < -0.3 is 10.3 Å². The maximum Gasteiger partial charge on any atom is 0.231 e. The number of hydrogen-bond donors (Lipinski definition) is 1. The molecule has 4 rings (SSSR count). The second-order valence-electron chi connectivity index (χ2n) is 7.06. The van der Waals surface area contributed by atoms with Crippen molar-refractivity contribution in [2.24, 2.45) is 5.73 Å². The van der Waals surface area contributed by atoms with Crippen molar-refractivity contribution in [2.75, 3.05) is 13.1 Å². The molecular weight excluding hydrogens is 343 g/mol. The number of aromatic nitrogens is 2. The lowest BCUT2D eigenvalue weighted by Crippen LogP contribution is -2.34. The average molecular weight is 366 g/mol. The Labute approximate surface area is 158 Å². The SMILES string of the molecule is NCc1ccc(-c2noc(C3CCCN(Cc4cccc(F)c4)C3)n2)cc1. The number of likely N-dealkylation sites (tertiary alicyclic amines) is 1. The molecule has 2 heterocycles. The van der Waals surface area contributed by atoms with E-state index in [2.05, 4.69) is 15.0 Å². The maximum atomic E-state index is 13.4. The van der Waals surface area contributed by atoms with Crippen LogP contribution in [-0.2, 0) is 13.1 Å². The van der Waals surface area contributed by atoms with Crippen molar-refractivity contribution in [2.45, 2.75) is 31.8 Å². The van der Waals surface area contributed by atoms with Gasteiger partial charge in [0.15, 0.2) is 0 Å². The molecule has 1 unspecified atom stereocenters. The normalized spacial score (nSPS) is 17.9. The second-order valence-corrected chi connectivity index (χ2v) is 7.06. The summed E-state index contributed by atoms with van der Waals surface area (Å²) >= 11 is 0. The monoisotopic (exact) mass is 366 g/mol. The minimum Gasteiger partial charge on any atom is -0.339 e. The highest BCUT2D eigenvalue weighted by Gasteiger charge is 2.26. The summed E-state index contributed by atoms with van der Waals surface area (Å²) in [6, 6.07) is 14.7. The Hall–Kier alpha value is -2.57. The van der Waals surface area contributed by atoms with Crippen molar-refractivity contribution in [1.82, 2.24) is 15.0 Å². The molecule has 6 heteroatoms. The van der Waals surface area contributed by atoms with Crippen molar-refractivity contribution < 1.29 is 8.91 Å². The topological polar surface area (TPSA) is 68.2 Å². The molecule has 1 fully saturated rings. The van der Waals surface area contributed by atoms with Gasteiger partial charge in [0, 0.05) is 25.2 Å². The predicted octanol–water partition coefficient (Wildman–Crippen LogP) is 3.71. The molecular formula is C21H23FN4O. The number of benzene rings is 2. The standard InChI is InChI=1S/C21H23FN4O/c22-19-5-1-3-16(11-19)13-26-10-2-4-18(14-26)21-24-20(25-27-21)17-8-6-15(12-23)7-9-17/h1,3,5-9,11,18H,2,4,10,12-14,23H2. The summed E-state index contributed by atoms with van der Waals surface area (Å²) in [5.41, 5.74) is 8.63. The summed E-state index contributed by atoms with van der Waals surface area (Å²) in [6.45, 7) is 3.08. The molecule has 2 N–H and O–H groups in total. The van der Waals surface area contributed by atoms with E-state index in [1.54, 1.807) is 12.1 Å². The zero-order valence-electron chi connectivity index (χ0n) is 15.1. The highest BCUT2D eigenvalue weighted by molar-refractivity contribution is 5.54. The number of nitrogens with two attached hydrogens (primary N) is 1. The average Bonchev–Trinajstić information content (AvgIpc) is 3.19. The van der Waals surface area contributed by atoms with Crippen molar-refractivity contribution in [3.63, 3.8) is 0 Å². The van der Waals surface area contributed by atoms with Gasteiger partial charge in [0.25, 0.3) is 0 Å². The number of hydrogen-bond acceptors (Lipinski definition) is 5. The van der Waals surface area contributed by atoms with E-state index in [1.807, 2.05) is 30.3 Å². The molecule has 0 spiro atoms. The van der Waals surface area contributed by atoms with Gasteiger partial charge in [-0.1, -0.05) is 41.6 Å². The first-order valence-corrected chi connectivity index (χ1v) is 9.31. The Morgan fingerprint density at radius 3 is 2.78 bits per heavy atom. The highest BCUT2D eigenvalue weighted by atomic mass is 19.1. The molecule has 140 valence electrons. The van der Waals surface area contributed by atoms with Gasteiger partial charge in [-0.25, -0.2) is 4.39 Å². The maximum absolute atomic E-state index is 13.4. The summed E-state index contributed by atoms with van der Waals surface area (Å²) in [5.74, 6) is 1.30. The Balaban J connectivity index is 1.44. The van der Waals surface area contributed by atoms with Gasteiger partial charge >= 0.3 is 0 Å². The molecule has 1 saturated heterocycles. The lowest BCUT2D eigenvalue weighted by Gasteiger charge is -2.30. The first kappa shape index (κ1) is 17.8. The molecule has 1 aromatic heterocycles. The minimum absolute atomic E-state index is 0.191. The van der Waals surface area contributed by atoms with E-state index in [0.29, 0.717) is 18.3 Å². The third-order valence-corrected chi connectivity index (χ3v) is 5.04. The molecule has 1 aliphatic rings. The van der Waals surface area contributed by atoms with E-state index < -0.39 is 0 Å². The molecule has 1 aliphatic heterocycles. The van der Waals surface area contributed by atoms with E-state index in [9.17, 15) is 4.39 Å². The first-order chi connectivity index (χ1) is 13.2. The van der Waals surface area contributed by atoms with E-state index in [-0.39, 0.29) is 11.7 Å². The lowest BCUT2D eigenvalue weighted by atomic mass is 9.97. The van der Waals surface area contributed by atoms with Crippen molar-refractivity contribution in [1.29, 1.82) is 0 Å². The number of rotatable bonds is 5. The summed E-state index contributed by atoms with van der Waals surface area (Å²) in [4.78, 5) is 6.94. The largest absolute Gasteiger partial charge is 0.339 e. The Bertz CT molecular complexity index is 893. The van der Waals surface area contributed by atoms with Crippen molar-refractivity contribution >= 4 is 0 Å². The fraction of sp³-hybridized carbons (Fsp3) is 0.333. The summed E-state index contributed by atoms with van der Waals surface area (Å²) in [7, 11) is 0. The molecule has 0 aliphatic carbocycles. The molecule has 27 heavy (non-hydrogen) atoms. The molecule has 0 saturated carbocycles. The van der Waals surface area contributed by atoms with Gasteiger partial charge in [-0.05, 0) is 42.6 Å². The summed E-state index contributed by atoms with van der Waals surface area (Å²) < 4.78 is 19.0. The van der Waals surface area contributed by atoms with Crippen LogP contribution in [0, 0.1) is 5.82 Å². The third-order valence-electron chi connectivity index (χ3n) is 5.04. The zero-order valence-corrected chi connectivity index (χ0v) is 15.1. The van der Waals surface area contributed by atoms with Crippen LogP contribution >= 0.6 is 0 Å². The van der Waals surface area contributed by atoms with Crippen LogP contribution in [0.3, 0.4) is 0 Å². The number of halogens is 1. The van der Waals surface area contributed by atoms with Gasteiger partial charge in [-0.3, -0.25) is 4.90 Å². The van der Waals surface area contributed by atoms with Gasteiger partial charge in [0.2, 0.25) is 11.7 Å². The number of nitrogens with zero attached hydrogens (tertiary/aromatic N) is 3. The molecule has 3 aromatic rings. The molecule has 0 amide bonds. The zero-order chi connectivity index (χ0) is 18.6. The van der Waals surface area contributed by atoms with Crippen LogP contribution in [0.15, 0.2) is 53.1 Å². The number of piperidine rings is 1. The van der Waals surface area contributed by atoms with Gasteiger partial charge in [0.1, 0.15) is 5.82 Å². The smallest absolute Gasteiger partial charge is 0.231 e. The van der Waals surface area contributed by atoms with E-state index in [0.717, 1.165) is 49.2 Å². The minimum atomic E-state index is -0.191. The second kappa shape index (κ2) is 7.98. The molecule has 0 radical (unpaired) electrons. The first-order valence-electron chi connectivity index (χ1n) is 9.31. The Kier molecular flexibility index (Phi) is 5.27. The van der Waals surface area contributed by atoms with Gasteiger partial charge in [0.05, 0.1) is 5.92 Å². The summed E-state index contributed by atoms with van der Waals surface area (Å²) in [6.07, 6.45) is 2.08. The van der Waals surface area contributed by atoms with Crippen molar-refractivity contribution in [3.05, 3.63) is 71.4 Å². The predicted molar refractivity (Wildman–Crippen MR) is 101 cm³/mol. The van der Waals surface area contributed by atoms with Crippen LogP contribution in [0.5, 0.6) is 0 Å². The van der Waals surface area contributed by atoms with Crippen LogP contribution in [-0.4, -0.2) is 28.1 Å². The molecule has 5 nitrogen and oxygen atoms in total. The Morgan fingerprint density at radius 1 is 1.15 bits per heavy atom. The van der Waals surface area contributed by atoms with E-state index in [4.69, 9.17) is 10.3 Å². The quantitative estimate of drug-likeness (QED) is 0.745. The molecule has 1 atom stereocenters. The van der Waals surface area contributed by atoms with Crippen LogP contribution in [0.4, 0.5) is 4.39 Å². The van der Waals surface area contributed by atoms with Crippen LogP contribution in [0.2, 0.25) is 0 Å².